The van der Waals surface area contributed by atoms with Gasteiger partial charge in [0.2, 0.25) is 0 Å². The summed E-state index contributed by atoms with van der Waals surface area (Å²) >= 11 is 5.77. The Kier molecular flexibility index (Phi) is 3.22. The van der Waals surface area contributed by atoms with E-state index in [2.05, 4.69) is 6.07 Å². The molecule has 1 aromatic carbocycles. The quantitative estimate of drug-likeness (QED) is 0.709. The van der Waals surface area contributed by atoms with E-state index in [0.717, 1.165) is 5.56 Å². The zero-order valence-electron chi connectivity index (χ0n) is 8.85. The average Bonchev–Trinajstić information content (AvgIpc) is 2.36. The third kappa shape index (κ3) is 2.35. The summed E-state index contributed by atoms with van der Waals surface area (Å²) < 4.78 is 0. The SMILES string of the molecule is N#CC(=C1C=CC(=O)C(Cl)=C1)c1ccccc1. The zero-order valence-corrected chi connectivity index (χ0v) is 9.61. The van der Waals surface area contributed by atoms with Crippen molar-refractivity contribution in [2.45, 2.75) is 0 Å². The van der Waals surface area contributed by atoms with Crippen LogP contribution in [0.4, 0.5) is 0 Å². The first kappa shape index (κ1) is 11.4. The number of carbonyl (C=O) groups excluding carboxylic acids is 1. The minimum atomic E-state index is -0.235. The predicted octanol–water partition coefficient (Wildman–Crippen LogP) is 3.23. The predicted molar refractivity (Wildman–Crippen MR) is 67.1 cm³/mol. The molecule has 0 unspecified atom stereocenters. The van der Waals surface area contributed by atoms with Gasteiger partial charge in [0.25, 0.3) is 0 Å². The molecule has 0 bridgehead atoms. The third-order valence-corrected chi connectivity index (χ3v) is 2.69. The lowest BCUT2D eigenvalue weighted by molar-refractivity contribution is -0.110. The summed E-state index contributed by atoms with van der Waals surface area (Å²) in [5.74, 6) is -0.235. The lowest BCUT2D eigenvalue weighted by Gasteiger charge is -2.06. The first-order chi connectivity index (χ1) is 8.22. The number of hydrogen-bond donors (Lipinski definition) is 0. The average molecular weight is 242 g/mol. The lowest BCUT2D eigenvalue weighted by atomic mass is 9.97. The minimum Gasteiger partial charge on any atom is -0.288 e. The van der Waals surface area contributed by atoms with Crippen LogP contribution in [0.5, 0.6) is 0 Å². The molecule has 0 amide bonds. The van der Waals surface area contributed by atoms with E-state index in [4.69, 9.17) is 11.6 Å². The fourth-order valence-electron chi connectivity index (χ4n) is 1.56. The highest BCUT2D eigenvalue weighted by atomic mass is 35.5. The Labute approximate surface area is 104 Å². The normalized spacial score (nSPS) is 17.4. The zero-order chi connectivity index (χ0) is 12.3. The van der Waals surface area contributed by atoms with Gasteiger partial charge in [0.05, 0.1) is 10.6 Å². The van der Waals surface area contributed by atoms with Crippen molar-refractivity contribution in [2.24, 2.45) is 0 Å². The maximum absolute atomic E-state index is 11.2. The number of benzene rings is 1. The highest BCUT2D eigenvalue weighted by Crippen LogP contribution is 2.24. The second-order valence-electron chi connectivity index (χ2n) is 3.50. The molecular weight excluding hydrogens is 234 g/mol. The van der Waals surface area contributed by atoms with E-state index in [1.807, 2.05) is 30.3 Å². The molecule has 1 aliphatic carbocycles. The van der Waals surface area contributed by atoms with Crippen LogP contribution >= 0.6 is 11.6 Å². The molecule has 0 aromatic heterocycles. The molecule has 0 fully saturated rings. The second kappa shape index (κ2) is 4.82. The summed E-state index contributed by atoms with van der Waals surface area (Å²) in [4.78, 5) is 11.2. The fraction of sp³-hybridized carbons (Fsp3) is 0. The van der Waals surface area contributed by atoms with Gasteiger partial charge in [0, 0.05) is 0 Å². The number of hydrogen-bond acceptors (Lipinski definition) is 2. The topological polar surface area (TPSA) is 40.9 Å². The summed E-state index contributed by atoms with van der Waals surface area (Å²) in [5.41, 5.74) is 1.97. The molecule has 0 saturated heterocycles. The van der Waals surface area contributed by atoms with Crippen LogP contribution in [0.15, 0.2) is 59.2 Å². The molecular formula is C14H8ClNO. The van der Waals surface area contributed by atoms with Gasteiger partial charge in [-0.05, 0) is 29.4 Å². The Morgan fingerprint density at radius 1 is 1.18 bits per heavy atom. The summed E-state index contributed by atoms with van der Waals surface area (Å²) in [7, 11) is 0. The van der Waals surface area contributed by atoms with E-state index in [0.29, 0.717) is 11.1 Å². The Morgan fingerprint density at radius 2 is 1.88 bits per heavy atom. The van der Waals surface area contributed by atoms with E-state index in [1.165, 1.54) is 12.2 Å². The van der Waals surface area contributed by atoms with Gasteiger partial charge in [-0.2, -0.15) is 5.26 Å². The molecule has 0 radical (unpaired) electrons. The Balaban J connectivity index is 2.54. The first-order valence-corrected chi connectivity index (χ1v) is 5.39. The molecule has 1 aliphatic rings. The van der Waals surface area contributed by atoms with Gasteiger partial charge in [-0.1, -0.05) is 41.9 Å². The number of nitriles is 1. The monoisotopic (exact) mass is 241 g/mol. The van der Waals surface area contributed by atoms with Crippen molar-refractivity contribution in [3.05, 3.63) is 64.7 Å². The number of rotatable bonds is 1. The third-order valence-electron chi connectivity index (χ3n) is 2.39. The van der Waals surface area contributed by atoms with E-state index in [-0.39, 0.29) is 10.8 Å². The molecule has 1 aromatic rings. The number of allylic oxidation sites excluding steroid dienone is 6. The molecule has 82 valence electrons. The van der Waals surface area contributed by atoms with Crippen LogP contribution in [-0.4, -0.2) is 5.78 Å². The van der Waals surface area contributed by atoms with E-state index in [9.17, 15) is 10.1 Å². The molecule has 0 spiro atoms. The number of nitrogens with zero attached hydrogens (tertiary/aromatic N) is 1. The van der Waals surface area contributed by atoms with Gasteiger partial charge >= 0.3 is 0 Å². The minimum absolute atomic E-state index is 0.131. The smallest absolute Gasteiger partial charge is 0.197 e. The summed E-state index contributed by atoms with van der Waals surface area (Å²) in [6, 6.07) is 11.4. The van der Waals surface area contributed by atoms with Crippen LogP contribution in [-0.2, 0) is 4.79 Å². The molecule has 2 nitrogen and oxygen atoms in total. The standard InChI is InChI=1S/C14H8ClNO/c15-13-8-11(6-7-14(13)17)12(9-16)10-4-2-1-3-5-10/h1-8H. The molecule has 0 saturated carbocycles. The molecule has 0 atom stereocenters. The summed E-state index contributed by atoms with van der Waals surface area (Å²) in [5, 5.41) is 9.32. The van der Waals surface area contributed by atoms with E-state index >= 15 is 0 Å². The maximum atomic E-state index is 11.2. The molecule has 2 rings (SSSR count). The summed E-state index contributed by atoms with van der Waals surface area (Å²) in [6.45, 7) is 0. The largest absolute Gasteiger partial charge is 0.288 e. The van der Waals surface area contributed by atoms with Crippen LogP contribution in [0.1, 0.15) is 5.56 Å². The fourth-order valence-corrected chi connectivity index (χ4v) is 1.74. The lowest BCUT2D eigenvalue weighted by Crippen LogP contribution is -1.99. The van der Waals surface area contributed by atoms with Crippen molar-refractivity contribution in [1.29, 1.82) is 5.26 Å². The Hall–Kier alpha value is -2.11. The second-order valence-corrected chi connectivity index (χ2v) is 3.91. The van der Waals surface area contributed by atoms with Crippen molar-refractivity contribution < 1.29 is 4.79 Å². The van der Waals surface area contributed by atoms with E-state index in [1.54, 1.807) is 6.08 Å². The number of ketones is 1. The molecule has 17 heavy (non-hydrogen) atoms. The van der Waals surface area contributed by atoms with Crippen molar-refractivity contribution >= 4 is 23.0 Å². The van der Waals surface area contributed by atoms with Gasteiger partial charge in [-0.15, -0.1) is 0 Å². The Morgan fingerprint density at radius 3 is 2.47 bits per heavy atom. The maximum Gasteiger partial charge on any atom is 0.197 e. The molecule has 0 heterocycles. The summed E-state index contributed by atoms with van der Waals surface area (Å²) in [6.07, 6.45) is 4.51. The molecule has 3 heteroatoms. The van der Waals surface area contributed by atoms with Crippen molar-refractivity contribution in [3.63, 3.8) is 0 Å². The first-order valence-electron chi connectivity index (χ1n) is 5.02. The van der Waals surface area contributed by atoms with Gasteiger partial charge in [0.1, 0.15) is 6.07 Å². The molecule has 0 aliphatic heterocycles. The van der Waals surface area contributed by atoms with Crippen LogP contribution in [0, 0.1) is 11.3 Å². The van der Waals surface area contributed by atoms with Crippen molar-refractivity contribution in [2.75, 3.05) is 0 Å². The Bertz CT molecular complexity index is 588. The van der Waals surface area contributed by atoms with Crippen LogP contribution in [0.2, 0.25) is 0 Å². The van der Waals surface area contributed by atoms with Gasteiger partial charge in [-0.3, -0.25) is 4.79 Å². The van der Waals surface area contributed by atoms with Gasteiger partial charge < -0.3 is 0 Å². The number of carbonyl (C=O) groups is 1. The van der Waals surface area contributed by atoms with E-state index < -0.39 is 0 Å². The van der Waals surface area contributed by atoms with Crippen molar-refractivity contribution in [3.8, 4) is 6.07 Å². The number of halogens is 1. The van der Waals surface area contributed by atoms with Crippen LogP contribution in [0.3, 0.4) is 0 Å². The van der Waals surface area contributed by atoms with Gasteiger partial charge in [0.15, 0.2) is 5.78 Å². The van der Waals surface area contributed by atoms with Crippen LogP contribution < -0.4 is 0 Å². The van der Waals surface area contributed by atoms with Crippen molar-refractivity contribution in [1.82, 2.24) is 0 Å². The van der Waals surface area contributed by atoms with Crippen LogP contribution in [0.25, 0.3) is 5.57 Å². The molecule has 0 N–H and O–H groups in total. The highest BCUT2D eigenvalue weighted by Gasteiger charge is 2.12. The highest BCUT2D eigenvalue weighted by molar-refractivity contribution is 6.45. The van der Waals surface area contributed by atoms with Gasteiger partial charge in [-0.25, -0.2) is 0 Å².